The summed E-state index contributed by atoms with van der Waals surface area (Å²) in [5, 5.41) is 7.78. The largest absolute Gasteiger partial charge is 0.312 e. The number of nitrogens with zero attached hydrogens (tertiary/aromatic N) is 4. The summed E-state index contributed by atoms with van der Waals surface area (Å²) < 4.78 is 1.90. The zero-order valence-electron chi connectivity index (χ0n) is 8.69. The number of aromatic nitrogens is 4. The van der Waals surface area contributed by atoms with Gasteiger partial charge in [-0.05, 0) is 0 Å². The second-order valence-electron chi connectivity index (χ2n) is 3.75. The summed E-state index contributed by atoms with van der Waals surface area (Å²) in [4.78, 5) is 8.67. The molecule has 1 aliphatic rings. The Kier molecular flexibility index (Phi) is 1.92. The molecule has 0 amide bonds. The Morgan fingerprint density at radius 1 is 1.53 bits per heavy atom. The third-order valence-corrected chi connectivity index (χ3v) is 2.77. The molecule has 0 fully saturated rings. The summed E-state index contributed by atoms with van der Waals surface area (Å²) in [5.41, 5.74) is 2.49. The molecule has 0 aromatic carbocycles. The van der Waals surface area contributed by atoms with Gasteiger partial charge in [0.05, 0.1) is 5.69 Å². The fraction of sp³-hybridized carbons (Fsp3) is 0.500. The predicted molar refractivity (Wildman–Crippen MR) is 55.6 cm³/mol. The highest BCUT2D eigenvalue weighted by Crippen LogP contribution is 2.13. The molecule has 5 heteroatoms. The number of fused-ring (bicyclic) bond motifs is 3. The van der Waals surface area contributed by atoms with Crippen LogP contribution in [-0.4, -0.2) is 26.1 Å². The van der Waals surface area contributed by atoms with Crippen molar-refractivity contribution in [3.8, 4) is 0 Å². The molecule has 78 valence electrons. The highest BCUT2D eigenvalue weighted by atomic mass is 15.3. The van der Waals surface area contributed by atoms with Gasteiger partial charge in [-0.25, -0.2) is 9.50 Å². The van der Waals surface area contributed by atoms with Crippen molar-refractivity contribution in [1.82, 2.24) is 24.9 Å². The van der Waals surface area contributed by atoms with E-state index in [0.29, 0.717) is 0 Å². The first-order valence-corrected chi connectivity index (χ1v) is 5.31. The van der Waals surface area contributed by atoms with Crippen LogP contribution in [-0.2, 0) is 19.4 Å². The Labute approximate surface area is 87.5 Å². The van der Waals surface area contributed by atoms with Gasteiger partial charge in [-0.1, -0.05) is 6.92 Å². The predicted octanol–water partition coefficient (Wildman–Crippen LogP) is 0.332. The normalized spacial score (nSPS) is 15.5. The molecule has 1 N–H and O–H groups in total. The number of hydrogen-bond donors (Lipinski definition) is 1. The molecule has 2 aromatic heterocycles. The summed E-state index contributed by atoms with van der Waals surface area (Å²) in [7, 11) is 0. The van der Waals surface area contributed by atoms with Crippen LogP contribution in [0.25, 0.3) is 5.78 Å². The standard InChI is InChI=1S/C10H13N5/c1-2-9-13-10-12-6-7-5-11-4-3-8(7)15(10)14-9/h6,11H,2-5H2,1H3. The number of aryl methyl sites for hydroxylation is 1. The smallest absolute Gasteiger partial charge is 0.252 e. The van der Waals surface area contributed by atoms with Gasteiger partial charge in [-0.15, -0.1) is 5.10 Å². The van der Waals surface area contributed by atoms with Gasteiger partial charge in [0.25, 0.3) is 5.78 Å². The van der Waals surface area contributed by atoms with E-state index >= 15 is 0 Å². The maximum Gasteiger partial charge on any atom is 0.252 e. The summed E-state index contributed by atoms with van der Waals surface area (Å²) in [6.45, 7) is 3.95. The van der Waals surface area contributed by atoms with Crippen LogP contribution in [0.3, 0.4) is 0 Å². The molecule has 0 saturated carbocycles. The Hall–Kier alpha value is -1.49. The van der Waals surface area contributed by atoms with E-state index in [2.05, 4.69) is 27.3 Å². The van der Waals surface area contributed by atoms with E-state index in [1.807, 2.05) is 10.7 Å². The lowest BCUT2D eigenvalue weighted by atomic mass is 10.1. The lowest BCUT2D eigenvalue weighted by Gasteiger charge is -2.16. The van der Waals surface area contributed by atoms with Crippen LogP contribution in [0.4, 0.5) is 0 Å². The molecule has 0 bridgehead atoms. The second-order valence-corrected chi connectivity index (χ2v) is 3.75. The Balaban J connectivity index is 2.25. The molecule has 0 spiro atoms. The molecule has 0 atom stereocenters. The monoisotopic (exact) mass is 203 g/mol. The molecule has 0 aliphatic carbocycles. The fourth-order valence-corrected chi connectivity index (χ4v) is 1.95. The topological polar surface area (TPSA) is 55.1 Å². The van der Waals surface area contributed by atoms with Crippen LogP contribution < -0.4 is 5.32 Å². The first-order chi connectivity index (χ1) is 7.38. The summed E-state index contributed by atoms with van der Waals surface area (Å²) in [6.07, 6.45) is 3.77. The van der Waals surface area contributed by atoms with Crippen molar-refractivity contribution in [2.45, 2.75) is 26.3 Å². The molecule has 2 aromatic rings. The minimum Gasteiger partial charge on any atom is -0.312 e. The van der Waals surface area contributed by atoms with Gasteiger partial charge in [0.15, 0.2) is 5.82 Å². The van der Waals surface area contributed by atoms with Gasteiger partial charge < -0.3 is 5.32 Å². The van der Waals surface area contributed by atoms with E-state index < -0.39 is 0 Å². The van der Waals surface area contributed by atoms with Crippen LogP contribution >= 0.6 is 0 Å². The molecule has 3 rings (SSSR count). The highest BCUT2D eigenvalue weighted by Gasteiger charge is 2.14. The van der Waals surface area contributed by atoms with E-state index in [1.54, 1.807) is 0 Å². The summed E-state index contributed by atoms with van der Waals surface area (Å²) in [6, 6.07) is 0. The fourth-order valence-electron chi connectivity index (χ4n) is 1.95. The van der Waals surface area contributed by atoms with Gasteiger partial charge in [-0.3, -0.25) is 0 Å². The molecule has 0 unspecified atom stereocenters. The van der Waals surface area contributed by atoms with Gasteiger partial charge in [0.1, 0.15) is 0 Å². The van der Waals surface area contributed by atoms with Crippen LogP contribution in [0.1, 0.15) is 24.0 Å². The van der Waals surface area contributed by atoms with Gasteiger partial charge >= 0.3 is 0 Å². The maximum absolute atomic E-state index is 4.46. The minimum absolute atomic E-state index is 0.729. The van der Waals surface area contributed by atoms with Crippen molar-refractivity contribution in [3.05, 3.63) is 23.3 Å². The Bertz CT molecular complexity index is 502. The average Bonchev–Trinajstić information content (AvgIpc) is 2.72. The first kappa shape index (κ1) is 8.79. The lowest BCUT2D eigenvalue weighted by molar-refractivity contribution is 0.608. The van der Waals surface area contributed by atoms with E-state index in [1.165, 1.54) is 11.3 Å². The second kappa shape index (κ2) is 3.27. The van der Waals surface area contributed by atoms with Crippen molar-refractivity contribution < 1.29 is 0 Å². The molecular weight excluding hydrogens is 190 g/mol. The van der Waals surface area contributed by atoms with Crippen LogP contribution in [0, 0.1) is 0 Å². The Morgan fingerprint density at radius 2 is 2.47 bits per heavy atom. The SMILES string of the molecule is CCc1nc2ncc3c(n2n1)CCNC3. The highest BCUT2D eigenvalue weighted by molar-refractivity contribution is 5.34. The van der Waals surface area contributed by atoms with E-state index in [4.69, 9.17) is 0 Å². The molecule has 3 heterocycles. The van der Waals surface area contributed by atoms with Gasteiger partial charge in [0.2, 0.25) is 0 Å². The van der Waals surface area contributed by atoms with Crippen LogP contribution in [0.15, 0.2) is 6.20 Å². The zero-order valence-corrected chi connectivity index (χ0v) is 8.69. The molecule has 0 radical (unpaired) electrons. The van der Waals surface area contributed by atoms with E-state index in [9.17, 15) is 0 Å². The zero-order chi connectivity index (χ0) is 10.3. The number of nitrogens with one attached hydrogen (secondary N) is 1. The van der Waals surface area contributed by atoms with E-state index in [0.717, 1.165) is 37.5 Å². The molecule has 1 aliphatic heterocycles. The average molecular weight is 203 g/mol. The van der Waals surface area contributed by atoms with Crippen molar-refractivity contribution in [2.75, 3.05) is 6.54 Å². The number of hydrogen-bond acceptors (Lipinski definition) is 4. The van der Waals surface area contributed by atoms with Crippen molar-refractivity contribution in [2.24, 2.45) is 0 Å². The van der Waals surface area contributed by atoms with Gasteiger partial charge in [0, 0.05) is 37.7 Å². The number of rotatable bonds is 1. The quantitative estimate of drug-likeness (QED) is 0.725. The third-order valence-electron chi connectivity index (χ3n) is 2.77. The molecule has 5 nitrogen and oxygen atoms in total. The van der Waals surface area contributed by atoms with Crippen LogP contribution in [0.5, 0.6) is 0 Å². The minimum atomic E-state index is 0.729. The van der Waals surface area contributed by atoms with E-state index in [-0.39, 0.29) is 0 Å². The Morgan fingerprint density at radius 3 is 3.33 bits per heavy atom. The first-order valence-electron chi connectivity index (χ1n) is 5.31. The molecular formula is C10H13N5. The maximum atomic E-state index is 4.46. The lowest BCUT2D eigenvalue weighted by Crippen LogP contribution is -2.26. The van der Waals surface area contributed by atoms with Gasteiger partial charge in [-0.2, -0.15) is 4.98 Å². The summed E-state index contributed by atoms with van der Waals surface area (Å²) in [5.74, 6) is 1.60. The summed E-state index contributed by atoms with van der Waals surface area (Å²) >= 11 is 0. The van der Waals surface area contributed by atoms with Crippen molar-refractivity contribution >= 4 is 5.78 Å². The molecule has 15 heavy (non-hydrogen) atoms. The molecule has 0 saturated heterocycles. The third kappa shape index (κ3) is 1.31. The van der Waals surface area contributed by atoms with Crippen LogP contribution in [0.2, 0.25) is 0 Å². The van der Waals surface area contributed by atoms with Crippen molar-refractivity contribution in [1.29, 1.82) is 0 Å². The van der Waals surface area contributed by atoms with Crippen molar-refractivity contribution in [3.63, 3.8) is 0 Å².